The molecule has 1 heterocycles. The quantitative estimate of drug-likeness (QED) is 0.915. The summed E-state index contributed by atoms with van der Waals surface area (Å²) in [6.07, 6.45) is 1.67. The molecule has 0 aliphatic heterocycles. The van der Waals surface area contributed by atoms with Gasteiger partial charge in [-0.1, -0.05) is 12.1 Å². The smallest absolute Gasteiger partial charge is 0.256 e. The van der Waals surface area contributed by atoms with E-state index in [1.807, 2.05) is 31.2 Å². The monoisotopic (exact) mass is 256 g/mol. The van der Waals surface area contributed by atoms with E-state index < -0.39 is 0 Å². The molecule has 0 bridgehead atoms. The molecule has 2 aromatic rings. The second-order valence-corrected chi connectivity index (χ2v) is 4.30. The Hall–Kier alpha value is -2.20. The summed E-state index contributed by atoms with van der Waals surface area (Å²) < 4.78 is 5.03. The fraction of sp³-hybridized carbons (Fsp3) is 0.200. The maximum absolute atomic E-state index is 12.0. The molecule has 2 rings (SSSR count). The Labute approximate surface area is 112 Å². The molecule has 0 radical (unpaired) electrons. The number of anilines is 1. The number of aromatic nitrogens is 1. The second-order valence-electron chi connectivity index (χ2n) is 4.30. The number of pyridine rings is 1. The number of aryl methyl sites for hydroxylation is 1. The third kappa shape index (κ3) is 3.63. The molecule has 0 spiro atoms. The summed E-state index contributed by atoms with van der Waals surface area (Å²) in [4.78, 5) is 16.1. The highest BCUT2D eigenvalue weighted by molar-refractivity contribution is 6.03. The lowest BCUT2D eigenvalue weighted by Gasteiger charge is -2.06. The number of amides is 1. The summed E-state index contributed by atoms with van der Waals surface area (Å²) in [7, 11) is 1.64. The first kappa shape index (κ1) is 13.2. The summed E-state index contributed by atoms with van der Waals surface area (Å²) in [5, 5.41) is 2.77. The number of benzene rings is 1. The van der Waals surface area contributed by atoms with Gasteiger partial charge in [-0.05, 0) is 42.3 Å². The van der Waals surface area contributed by atoms with Crippen LogP contribution in [0.3, 0.4) is 0 Å². The average Bonchev–Trinajstić information content (AvgIpc) is 2.40. The third-order valence-electron chi connectivity index (χ3n) is 2.68. The highest BCUT2D eigenvalue weighted by Gasteiger charge is 2.06. The van der Waals surface area contributed by atoms with Gasteiger partial charge < -0.3 is 10.1 Å². The van der Waals surface area contributed by atoms with Crippen molar-refractivity contribution >= 4 is 11.7 Å². The molecule has 0 saturated carbocycles. The minimum atomic E-state index is -0.165. The van der Waals surface area contributed by atoms with Crippen LogP contribution < -0.4 is 5.32 Å². The number of carbonyl (C=O) groups is 1. The van der Waals surface area contributed by atoms with Crippen LogP contribution in [0.25, 0.3) is 0 Å². The molecule has 0 atom stereocenters. The summed E-state index contributed by atoms with van der Waals surface area (Å²) in [5.74, 6) is 0.396. The van der Waals surface area contributed by atoms with Crippen molar-refractivity contribution in [1.82, 2.24) is 4.98 Å². The summed E-state index contributed by atoms with van der Waals surface area (Å²) in [6, 6.07) is 11.0. The Morgan fingerprint density at radius 1 is 1.26 bits per heavy atom. The van der Waals surface area contributed by atoms with Gasteiger partial charge in [-0.15, -0.1) is 0 Å². The Kier molecular flexibility index (Phi) is 4.26. The zero-order valence-corrected chi connectivity index (χ0v) is 11.0. The molecule has 0 aliphatic rings. The topological polar surface area (TPSA) is 51.2 Å². The van der Waals surface area contributed by atoms with E-state index in [0.29, 0.717) is 18.0 Å². The van der Waals surface area contributed by atoms with Gasteiger partial charge in [0.25, 0.3) is 5.91 Å². The van der Waals surface area contributed by atoms with E-state index >= 15 is 0 Å². The Bertz CT molecular complexity index is 565. The Balaban J connectivity index is 2.07. The summed E-state index contributed by atoms with van der Waals surface area (Å²) in [6.45, 7) is 2.50. The number of methoxy groups -OCH3 is 1. The van der Waals surface area contributed by atoms with Crippen molar-refractivity contribution in [3.8, 4) is 0 Å². The van der Waals surface area contributed by atoms with Crippen molar-refractivity contribution in [2.24, 2.45) is 0 Å². The van der Waals surface area contributed by atoms with E-state index in [4.69, 9.17) is 4.74 Å². The van der Waals surface area contributed by atoms with Gasteiger partial charge in [0.05, 0.1) is 6.61 Å². The van der Waals surface area contributed by atoms with Crippen molar-refractivity contribution in [3.05, 3.63) is 59.3 Å². The molecule has 1 aromatic heterocycles. The Morgan fingerprint density at radius 2 is 2.00 bits per heavy atom. The number of nitrogens with zero attached hydrogens (tertiary/aromatic N) is 1. The van der Waals surface area contributed by atoms with Crippen LogP contribution >= 0.6 is 0 Å². The molecule has 1 amide bonds. The normalized spacial score (nSPS) is 10.2. The van der Waals surface area contributed by atoms with Gasteiger partial charge in [0.1, 0.15) is 5.82 Å². The molecule has 4 heteroatoms. The fourth-order valence-corrected chi connectivity index (χ4v) is 1.71. The lowest BCUT2D eigenvalue weighted by atomic mass is 10.1. The van der Waals surface area contributed by atoms with E-state index in [1.165, 1.54) is 0 Å². The van der Waals surface area contributed by atoms with Crippen molar-refractivity contribution in [2.75, 3.05) is 12.4 Å². The zero-order valence-electron chi connectivity index (χ0n) is 11.0. The molecule has 1 N–H and O–H groups in total. The van der Waals surface area contributed by atoms with Gasteiger partial charge in [0.2, 0.25) is 0 Å². The molecule has 4 nitrogen and oxygen atoms in total. The standard InChI is InChI=1S/C15H16N2O2/c1-11-7-8-16-14(9-11)17-15(18)13-5-3-12(4-6-13)10-19-2/h3-9H,10H2,1-2H3,(H,16,17,18). The molecule has 0 unspecified atom stereocenters. The van der Waals surface area contributed by atoms with Gasteiger partial charge in [0, 0.05) is 18.9 Å². The van der Waals surface area contributed by atoms with Crippen LogP contribution in [0.2, 0.25) is 0 Å². The van der Waals surface area contributed by atoms with E-state index in [9.17, 15) is 4.79 Å². The minimum Gasteiger partial charge on any atom is -0.380 e. The van der Waals surface area contributed by atoms with Crippen molar-refractivity contribution in [2.45, 2.75) is 13.5 Å². The number of hydrogen-bond acceptors (Lipinski definition) is 3. The average molecular weight is 256 g/mol. The van der Waals surface area contributed by atoms with Gasteiger partial charge >= 0.3 is 0 Å². The third-order valence-corrected chi connectivity index (χ3v) is 2.68. The van der Waals surface area contributed by atoms with Gasteiger partial charge in [0.15, 0.2) is 0 Å². The van der Waals surface area contributed by atoms with Crippen LogP contribution in [0.5, 0.6) is 0 Å². The highest BCUT2D eigenvalue weighted by Crippen LogP contribution is 2.10. The largest absolute Gasteiger partial charge is 0.380 e. The van der Waals surface area contributed by atoms with Gasteiger partial charge in [-0.25, -0.2) is 4.98 Å². The Morgan fingerprint density at radius 3 is 2.63 bits per heavy atom. The highest BCUT2D eigenvalue weighted by atomic mass is 16.5. The number of hydrogen-bond donors (Lipinski definition) is 1. The van der Waals surface area contributed by atoms with Crippen LogP contribution in [0.4, 0.5) is 5.82 Å². The van der Waals surface area contributed by atoms with Crippen LogP contribution in [0.1, 0.15) is 21.5 Å². The van der Waals surface area contributed by atoms with E-state index in [2.05, 4.69) is 10.3 Å². The molecule has 1 aromatic carbocycles. The maximum Gasteiger partial charge on any atom is 0.256 e. The lowest BCUT2D eigenvalue weighted by Crippen LogP contribution is -2.13. The molecule has 0 saturated heterocycles. The van der Waals surface area contributed by atoms with Crippen LogP contribution in [-0.4, -0.2) is 18.0 Å². The minimum absolute atomic E-state index is 0.165. The molecular formula is C15H16N2O2. The first-order valence-corrected chi connectivity index (χ1v) is 6.01. The fourth-order valence-electron chi connectivity index (χ4n) is 1.71. The number of rotatable bonds is 4. The number of nitrogens with one attached hydrogen (secondary N) is 1. The second kappa shape index (κ2) is 6.11. The van der Waals surface area contributed by atoms with E-state index in [-0.39, 0.29) is 5.91 Å². The molecule has 0 aliphatic carbocycles. The summed E-state index contributed by atoms with van der Waals surface area (Å²) in [5.41, 5.74) is 2.69. The molecule has 0 fully saturated rings. The molecule has 19 heavy (non-hydrogen) atoms. The van der Waals surface area contributed by atoms with Crippen LogP contribution in [0.15, 0.2) is 42.6 Å². The van der Waals surface area contributed by atoms with Crippen LogP contribution in [-0.2, 0) is 11.3 Å². The molecule has 98 valence electrons. The number of carbonyl (C=O) groups excluding carboxylic acids is 1. The van der Waals surface area contributed by atoms with E-state index in [0.717, 1.165) is 11.1 Å². The SMILES string of the molecule is COCc1ccc(C(=O)Nc2cc(C)ccn2)cc1. The predicted octanol–water partition coefficient (Wildman–Crippen LogP) is 2.79. The zero-order chi connectivity index (χ0) is 13.7. The lowest BCUT2D eigenvalue weighted by molar-refractivity contribution is 0.102. The predicted molar refractivity (Wildman–Crippen MR) is 74.1 cm³/mol. The van der Waals surface area contributed by atoms with Crippen molar-refractivity contribution in [1.29, 1.82) is 0 Å². The van der Waals surface area contributed by atoms with Crippen molar-refractivity contribution < 1.29 is 9.53 Å². The van der Waals surface area contributed by atoms with Crippen molar-refractivity contribution in [3.63, 3.8) is 0 Å². The van der Waals surface area contributed by atoms with E-state index in [1.54, 1.807) is 25.4 Å². The first-order valence-electron chi connectivity index (χ1n) is 6.01. The maximum atomic E-state index is 12.0. The number of ether oxygens (including phenoxy) is 1. The molecular weight excluding hydrogens is 240 g/mol. The first-order chi connectivity index (χ1) is 9.19. The summed E-state index contributed by atoms with van der Waals surface area (Å²) >= 11 is 0. The van der Waals surface area contributed by atoms with Gasteiger partial charge in [-0.2, -0.15) is 0 Å². The van der Waals surface area contributed by atoms with Crippen LogP contribution in [0, 0.1) is 6.92 Å². The van der Waals surface area contributed by atoms with Gasteiger partial charge in [-0.3, -0.25) is 4.79 Å².